The predicted molar refractivity (Wildman–Crippen MR) is 63.4 cm³/mol. The maximum absolute atomic E-state index is 14.5. The molecule has 0 saturated carbocycles. The molecule has 26 heavy (non-hydrogen) atoms. The first-order chi connectivity index (χ1) is 11.4. The number of rotatable bonds is 2. The highest BCUT2D eigenvalue weighted by Crippen LogP contribution is 2.55. The van der Waals surface area contributed by atoms with Gasteiger partial charge in [-0.2, -0.15) is 35.1 Å². The van der Waals surface area contributed by atoms with E-state index in [2.05, 4.69) is 9.47 Å². The Morgan fingerprint density at radius 2 is 1.12 bits per heavy atom. The summed E-state index contributed by atoms with van der Waals surface area (Å²) in [5.41, 5.74) is 0. The van der Waals surface area contributed by atoms with Crippen molar-refractivity contribution in [2.24, 2.45) is 0 Å². The molecule has 0 aromatic rings. The van der Waals surface area contributed by atoms with Crippen LogP contribution in [0.4, 0.5) is 48.3 Å². The van der Waals surface area contributed by atoms with Gasteiger partial charge in [-0.05, 0) is 22.6 Å². The molecule has 0 aromatic heterocycles. The van der Waals surface area contributed by atoms with Crippen LogP contribution >= 0.6 is 22.6 Å². The van der Waals surface area contributed by atoms with Gasteiger partial charge < -0.3 is 9.47 Å². The van der Waals surface area contributed by atoms with Crippen molar-refractivity contribution >= 4 is 34.5 Å². The van der Waals surface area contributed by atoms with Crippen molar-refractivity contribution in [3.05, 3.63) is 21.1 Å². The fourth-order valence-corrected chi connectivity index (χ4v) is 2.04. The topological polar surface area (TPSA) is 52.6 Å². The highest BCUT2D eigenvalue weighted by Gasteiger charge is 2.72. The molecular weight excluding hydrogens is 520 g/mol. The number of halogens is 12. The van der Waals surface area contributed by atoms with Crippen molar-refractivity contribution in [3.8, 4) is 0 Å². The van der Waals surface area contributed by atoms with E-state index in [0.29, 0.717) is 0 Å². The average Bonchev–Trinajstić information content (AvgIpc) is 2.48. The molecule has 0 unspecified atom stereocenters. The van der Waals surface area contributed by atoms with Crippen molar-refractivity contribution < 1.29 is 67.4 Å². The van der Waals surface area contributed by atoms with E-state index in [4.69, 9.17) is 0 Å². The van der Waals surface area contributed by atoms with Crippen molar-refractivity contribution in [1.82, 2.24) is 0 Å². The first kappa shape index (κ1) is 22.4. The fourth-order valence-electron chi connectivity index (χ4n) is 1.35. The van der Waals surface area contributed by atoms with E-state index in [9.17, 15) is 57.9 Å². The lowest BCUT2D eigenvalue weighted by molar-refractivity contribution is -0.301. The van der Waals surface area contributed by atoms with E-state index in [1.807, 2.05) is 0 Å². The maximum Gasteiger partial charge on any atom is 0.491 e. The highest BCUT2D eigenvalue weighted by molar-refractivity contribution is 14.1. The number of ether oxygens (including phenoxy) is 2. The van der Waals surface area contributed by atoms with Gasteiger partial charge in [-0.25, -0.2) is 22.8 Å². The minimum Gasteiger partial charge on any atom is -0.410 e. The quantitative estimate of drug-likeness (QED) is 0.310. The first-order valence-corrected chi connectivity index (χ1v) is 6.57. The molecule has 0 aromatic carbocycles. The number of carbonyl (C=O) groups excluding carboxylic acids is 2. The second kappa shape index (κ2) is 6.52. The Morgan fingerprint density at radius 3 is 1.46 bits per heavy atom. The highest BCUT2D eigenvalue weighted by atomic mass is 127. The molecule has 1 rings (SSSR count). The van der Waals surface area contributed by atoms with E-state index in [1.165, 1.54) is 0 Å². The predicted octanol–water partition coefficient (Wildman–Crippen LogP) is 4.31. The molecule has 0 aliphatic heterocycles. The van der Waals surface area contributed by atoms with Crippen LogP contribution in [0, 0.1) is 0 Å². The Labute approximate surface area is 147 Å². The molecule has 0 bridgehead atoms. The first-order valence-electron chi connectivity index (χ1n) is 5.49. The number of hydrogen-bond acceptors (Lipinski definition) is 4. The Hall–Kier alpha value is -1.62. The summed E-state index contributed by atoms with van der Waals surface area (Å²) >= 11 is 0.173. The third-order valence-corrected chi connectivity index (χ3v) is 3.65. The number of hydrogen-bond donors (Lipinski definition) is 0. The SMILES string of the molecule is O=C(O[C@@]1(F)C(F)=C(F)C(F)=C(I)[C@@]1(F)OC(=O)C(F)(F)F)C(F)(F)F. The minimum absolute atomic E-state index is 0.173. The third-order valence-electron chi connectivity index (χ3n) is 2.49. The zero-order valence-electron chi connectivity index (χ0n) is 11.2. The lowest BCUT2D eigenvalue weighted by atomic mass is 10.00. The molecule has 0 fully saturated rings. The molecule has 0 heterocycles. The molecule has 2 atom stereocenters. The van der Waals surface area contributed by atoms with Gasteiger partial charge in [-0.1, -0.05) is 0 Å². The second-order valence-electron chi connectivity index (χ2n) is 4.22. The zero-order valence-corrected chi connectivity index (χ0v) is 13.3. The Bertz CT molecular complexity index is 649. The summed E-state index contributed by atoms with van der Waals surface area (Å²) in [4.78, 5) is 21.3. The molecule has 1 aliphatic rings. The summed E-state index contributed by atoms with van der Waals surface area (Å²) in [7, 11) is 0. The summed E-state index contributed by atoms with van der Waals surface area (Å²) < 4.78 is 145. The summed E-state index contributed by atoms with van der Waals surface area (Å²) in [5, 5.41) is 0. The van der Waals surface area contributed by atoms with Crippen molar-refractivity contribution in [2.75, 3.05) is 0 Å². The molecule has 4 nitrogen and oxygen atoms in total. The monoisotopic (exact) mass is 520 g/mol. The van der Waals surface area contributed by atoms with Crippen LogP contribution in [0.15, 0.2) is 21.1 Å². The van der Waals surface area contributed by atoms with E-state index in [1.54, 1.807) is 0 Å². The van der Waals surface area contributed by atoms with Crippen LogP contribution in [-0.2, 0) is 19.1 Å². The van der Waals surface area contributed by atoms with Crippen LogP contribution in [0.1, 0.15) is 0 Å². The number of alkyl halides is 8. The number of allylic oxidation sites excluding steroid dienone is 2. The molecule has 1 aliphatic carbocycles. The van der Waals surface area contributed by atoms with Crippen LogP contribution < -0.4 is 0 Å². The van der Waals surface area contributed by atoms with Gasteiger partial charge in [-0.15, -0.1) is 0 Å². The third kappa shape index (κ3) is 3.59. The summed E-state index contributed by atoms with van der Waals surface area (Å²) in [5.74, 6) is -28.0. The van der Waals surface area contributed by atoms with Crippen LogP contribution in [-0.4, -0.2) is 36.0 Å². The normalized spacial score (nSPS) is 27.5. The summed E-state index contributed by atoms with van der Waals surface area (Å²) in [6.07, 6.45) is -12.3. The van der Waals surface area contributed by atoms with Crippen molar-refractivity contribution in [2.45, 2.75) is 24.1 Å². The number of carbonyl (C=O) groups is 2. The van der Waals surface area contributed by atoms with E-state index >= 15 is 0 Å². The Kier molecular flexibility index (Phi) is 5.62. The average molecular weight is 520 g/mol. The van der Waals surface area contributed by atoms with E-state index in [0.717, 1.165) is 0 Å². The van der Waals surface area contributed by atoms with Crippen LogP contribution in [0.3, 0.4) is 0 Å². The molecule has 0 spiro atoms. The summed E-state index contributed by atoms with van der Waals surface area (Å²) in [6.45, 7) is 0. The van der Waals surface area contributed by atoms with E-state index < -0.39 is 57.1 Å². The minimum atomic E-state index is -6.17. The van der Waals surface area contributed by atoms with E-state index in [-0.39, 0.29) is 22.6 Å². The van der Waals surface area contributed by atoms with Gasteiger partial charge in [-0.3, -0.25) is 0 Å². The van der Waals surface area contributed by atoms with Gasteiger partial charge in [0.1, 0.15) is 3.58 Å². The van der Waals surface area contributed by atoms with Crippen LogP contribution in [0.5, 0.6) is 0 Å². The second-order valence-corrected chi connectivity index (χ2v) is 5.30. The molecule has 0 amide bonds. The molecular formula is C10F11IO4. The zero-order chi connectivity index (χ0) is 20.9. The Balaban J connectivity index is 3.60. The molecule has 0 saturated heterocycles. The Morgan fingerprint density at radius 1 is 0.769 bits per heavy atom. The van der Waals surface area contributed by atoms with Gasteiger partial charge >= 0.3 is 36.0 Å². The molecule has 0 N–H and O–H groups in total. The van der Waals surface area contributed by atoms with Gasteiger partial charge in [0.15, 0.2) is 11.7 Å². The molecule has 148 valence electrons. The van der Waals surface area contributed by atoms with Crippen molar-refractivity contribution in [1.29, 1.82) is 0 Å². The molecule has 16 heteroatoms. The van der Waals surface area contributed by atoms with Crippen LogP contribution in [0.2, 0.25) is 0 Å². The standard InChI is InChI=1S/C10F11IO4/c11-1-2(12)4(22)8(15,26-6(24)10(19,20)21)7(14,3(1)13)25-5(23)9(16,17)18/t7-,8+/m0/s1. The van der Waals surface area contributed by atoms with Crippen molar-refractivity contribution in [3.63, 3.8) is 0 Å². The molecule has 0 radical (unpaired) electrons. The lowest BCUT2D eigenvalue weighted by Crippen LogP contribution is -2.58. The number of esters is 2. The maximum atomic E-state index is 14.5. The fraction of sp³-hybridized carbons (Fsp3) is 0.400. The smallest absolute Gasteiger partial charge is 0.410 e. The summed E-state index contributed by atoms with van der Waals surface area (Å²) in [6, 6.07) is 0. The van der Waals surface area contributed by atoms with Gasteiger partial charge in [0.25, 0.3) is 0 Å². The van der Waals surface area contributed by atoms with Gasteiger partial charge in [0.2, 0.25) is 5.83 Å². The van der Waals surface area contributed by atoms with Gasteiger partial charge in [0.05, 0.1) is 0 Å². The van der Waals surface area contributed by atoms with Crippen LogP contribution in [0.25, 0.3) is 0 Å². The van der Waals surface area contributed by atoms with Gasteiger partial charge in [0, 0.05) is 0 Å². The lowest BCUT2D eigenvalue weighted by Gasteiger charge is -2.38. The largest absolute Gasteiger partial charge is 0.491 e.